The predicted molar refractivity (Wildman–Crippen MR) is 96.6 cm³/mol. The lowest BCUT2D eigenvalue weighted by molar-refractivity contribution is -0.384. The molecule has 0 heterocycles. The van der Waals surface area contributed by atoms with Crippen LogP contribution in [0.1, 0.15) is 56.2 Å². The molecule has 0 amide bonds. The number of para-hydroxylation sites is 1. The van der Waals surface area contributed by atoms with Crippen molar-refractivity contribution in [3.8, 4) is 5.75 Å². The van der Waals surface area contributed by atoms with E-state index in [2.05, 4.69) is 44.8 Å². The highest BCUT2D eigenvalue weighted by molar-refractivity contribution is 5.86. The van der Waals surface area contributed by atoms with E-state index in [9.17, 15) is 15.2 Å². The average Bonchev–Trinajstić information content (AvgIpc) is 2.52. The number of hydrogen-bond acceptors (Lipinski definition) is 4. The second-order valence-corrected chi connectivity index (χ2v) is 6.35. The molecular formula is C19H22N2O3. The SMILES string of the molecule is CC(C)c1cccc(C(C)C)c1N=Cc1ccc([N+](=O)[O-])cc1O. The van der Waals surface area contributed by atoms with Gasteiger partial charge in [-0.2, -0.15) is 0 Å². The number of nitro groups is 1. The van der Waals surface area contributed by atoms with E-state index in [1.165, 1.54) is 12.1 Å². The highest BCUT2D eigenvalue weighted by atomic mass is 16.6. The minimum absolute atomic E-state index is 0.143. The Balaban J connectivity index is 2.47. The van der Waals surface area contributed by atoms with E-state index in [0.29, 0.717) is 17.4 Å². The summed E-state index contributed by atoms with van der Waals surface area (Å²) in [4.78, 5) is 14.8. The summed E-state index contributed by atoms with van der Waals surface area (Å²) < 4.78 is 0. The summed E-state index contributed by atoms with van der Waals surface area (Å²) in [6.07, 6.45) is 1.56. The molecule has 0 saturated carbocycles. The minimum Gasteiger partial charge on any atom is -0.507 e. The predicted octanol–water partition coefficient (Wildman–Crippen LogP) is 5.30. The molecule has 2 rings (SSSR count). The zero-order chi connectivity index (χ0) is 17.9. The second kappa shape index (κ2) is 7.25. The number of rotatable bonds is 5. The summed E-state index contributed by atoms with van der Waals surface area (Å²) in [6, 6.07) is 10.1. The van der Waals surface area contributed by atoms with Crippen LogP contribution < -0.4 is 0 Å². The fourth-order valence-corrected chi connectivity index (χ4v) is 2.55. The Kier molecular flexibility index (Phi) is 5.34. The van der Waals surface area contributed by atoms with E-state index in [4.69, 9.17) is 0 Å². The molecule has 0 aromatic heterocycles. The van der Waals surface area contributed by atoms with Crippen molar-refractivity contribution in [1.29, 1.82) is 0 Å². The van der Waals surface area contributed by atoms with Gasteiger partial charge >= 0.3 is 0 Å². The fraction of sp³-hybridized carbons (Fsp3) is 0.316. The molecular weight excluding hydrogens is 304 g/mol. The van der Waals surface area contributed by atoms with Crippen molar-refractivity contribution in [1.82, 2.24) is 0 Å². The third-order valence-electron chi connectivity index (χ3n) is 3.90. The molecule has 0 unspecified atom stereocenters. The Morgan fingerprint density at radius 3 is 2.12 bits per heavy atom. The molecule has 0 radical (unpaired) electrons. The van der Waals surface area contributed by atoms with Crippen LogP contribution >= 0.6 is 0 Å². The fourth-order valence-electron chi connectivity index (χ4n) is 2.55. The lowest BCUT2D eigenvalue weighted by Crippen LogP contribution is -1.96. The molecule has 0 fully saturated rings. The van der Waals surface area contributed by atoms with Gasteiger partial charge in [0.15, 0.2) is 0 Å². The Hall–Kier alpha value is -2.69. The number of nitro benzene ring substituents is 1. The summed E-state index contributed by atoms with van der Waals surface area (Å²) in [5, 5.41) is 20.7. The van der Waals surface area contributed by atoms with Gasteiger partial charge in [0.25, 0.3) is 5.69 Å². The summed E-state index contributed by atoms with van der Waals surface area (Å²) >= 11 is 0. The normalized spacial score (nSPS) is 11.6. The largest absolute Gasteiger partial charge is 0.507 e. The van der Waals surface area contributed by atoms with E-state index >= 15 is 0 Å². The van der Waals surface area contributed by atoms with E-state index in [1.54, 1.807) is 6.21 Å². The van der Waals surface area contributed by atoms with Crippen LogP contribution in [-0.2, 0) is 0 Å². The number of aromatic hydroxyl groups is 1. The molecule has 0 atom stereocenters. The monoisotopic (exact) mass is 326 g/mol. The molecule has 2 aromatic rings. The molecule has 5 nitrogen and oxygen atoms in total. The third-order valence-corrected chi connectivity index (χ3v) is 3.90. The lowest BCUT2D eigenvalue weighted by Gasteiger charge is -2.16. The summed E-state index contributed by atoms with van der Waals surface area (Å²) in [5.74, 6) is 0.490. The Morgan fingerprint density at radius 2 is 1.67 bits per heavy atom. The van der Waals surface area contributed by atoms with E-state index in [-0.39, 0.29) is 11.4 Å². The Morgan fingerprint density at radius 1 is 1.08 bits per heavy atom. The van der Waals surface area contributed by atoms with Crippen molar-refractivity contribution >= 4 is 17.6 Å². The zero-order valence-electron chi connectivity index (χ0n) is 14.4. The van der Waals surface area contributed by atoms with Crippen LogP contribution in [-0.4, -0.2) is 16.2 Å². The molecule has 0 saturated heterocycles. The van der Waals surface area contributed by atoms with Crippen LogP contribution in [0.5, 0.6) is 5.75 Å². The zero-order valence-corrected chi connectivity index (χ0v) is 14.4. The van der Waals surface area contributed by atoms with Gasteiger partial charge in [0, 0.05) is 17.8 Å². The standard InChI is InChI=1S/C19H22N2O3/c1-12(2)16-6-5-7-17(13(3)4)19(16)20-11-14-8-9-15(21(23)24)10-18(14)22/h5-13,22H,1-4H3. The van der Waals surface area contributed by atoms with Gasteiger partial charge in [-0.1, -0.05) is 45.9 Å². The lowest BCUT2D eigenvalue weighted by atomic mass is 9.93. The number of benzene rings is 2. The van der Waals surface area contributed by atoms with E-state index < -0.39 is 4.92 Å². The first-order chi connectivity index (χ1) is 11.3. The van der Waals surface area contributed by atoms with Crippen molar-refractivity contribution in [3.05, 3.63) is 63.2 Å². The molecule has 1 N–H and O–H groups in total. The van der Waals surface area contributed by atoms with Gasteiger partial charge < -0.3 is 5.11 Å². The van der Waals surface area contributed by atoms with Crippen LogP contribution in [0.3, 0.4) is 0 Å². The van der Waals surface area contributed by atoms with Gasteiger partial charge in [-0.15, -0.1) is 0 Å². The van der Waals surface area contributed by atoms with Gasteiger partial charge in [-0.05, 0) is 29.0 Å². The molecule has 126 valence electrons. The summed E-state index contributed by atoms with van der Waals surface area (Å²) in [6.45, 7) is 8.45. The molecule has 0 aliphatic carbocycles. The molecule has 0 aliphatic rings. The minimum atomic E-state index is -0.536. The summed E-state index contributed by atoms with van der Waals surface area (Å²) in [7, 11) is 0. The molecule has 0 aliphatic heterocycles. The number of non-ortho nitro benzene ring substituents is 1. The number of phenols is 1. The maximum atomic E-state index is 10.7. The molecule has 2 aromatic carbocycles. The first-order valence-corrected chi connectivity index (χ1v) is 7.95. The van der Waals surface area contributed by atoms with Crippen molar-refractivity contribution in [2.75, 3.05) is 0 Å². The first-order valence-electron chi connectivity index (χ1n) is 7.95. The van der Waals surface area contributed by atoms with Gasteiger partial charge in [-0.3, -0.25) is 15.1 Å². The highest BCUT2D eigenvalue weighted by Crippen LogP contribution is 2.35. The number of aliphatic imine (C=N–C) groups is 1. The second-order valence-electron chi connectivity index (χ2n) is 6.35. The van der Waals surface area contributed by atoms with Gasteiger partial charge in [0.05, 0.1) is 16.7 Å². The van der Waals surface area contributed by atoms with Crippen LogP contribution in [0.15, 0.2) is 41.4 Å². The Labute approximate surface area is 141 Å². The smallest absolute Gasteiger partial charge is 0.273 e. The van der Waals surface area contributed by atoms with E-state index in [1.807, 2.05) is 6.07 Å². The van der Waals surface area contributed by atoms with Gasteiger partial charge in [0.2, 0.25) is 0 Å². The highest BCUT2D eigenvalue weighted by Gasteiger charge is 2.13. The van der Waals surface area contributed by atoms with Crippen LogP contribution in [0.2, 0.25) is 0 Å². The molecule has 24 heavy (non-hydrogen) atoms. The quantitative estimate of drug-likeness (QED) is 0.460. The molecule has 5 heteroatoms. The first kappa shape index (κ1) is 17.7. The van der Waals surface area contributed by atoms with Crippen LogP contribution in [0.4, 0.5) is 11.4 Å². The maximum Gasteiger partial charge on any atom is 0.273 e. The van der Waals surface area contributed by atoms with Gasteiger partial charge in [-0.25, -0.2) is 0 Å². The number of phenolic OH excluding ortho intramolecular Hbond substituents is 1. The van der Waals surface area contributed by atoms with Crippen LogP contribution in [0.25, 0.3) is 0 Å². The average molecular weight is 326 g/mol. The van der Waals surface area contributed by atoms with Crippen molar-refractivity contribution in [2.24, 2.45) is 4.99 Å². The van der Waals surface area contributed by atoms with Crippen molar-refractivity contribution in [3.63, 3.8) is 0 Å². The van der Waals surface area contributed by atoms with Crippen LogP contribution in [0, 0.1) is 10.1 Å². The number of hydrogen-bond donors (Lipinski definition) is 1. The van der Waals surface area contributed by atoms with Crippen molar-refractivity contribution < 1.29 is 10.0 Å². The number of nitrogens with zero attached hydrogens (tertiary/aromatic N) is 2. The summed E-state index contributed by atoms with van der Waals surface area (Å²) in [5.41, 5.74) is 3.49. The maximum absolute atomic E-state index is 10.7. The Bertz CT molecular complexity index is 754. The topological polar surface area (TPSA) is 75.7 Å². The molecule has 0 spiro atoms. The third kappa shape index (κ3) is 3.79. The van der Waals surface area contributed by atoms with E-state index in [0.717, 1.165) is 22.9 Å². The molecule has 0 bridgehead atoms. The van der Waals surface area contributed by atoms with Gasteiger partial charge in [0.1, 0.15) is 5.75 Å². The van der Waals surface area contributed by atoms with Crippen molar-refractivity contribution in [2.45, 2.75) is 39.5 Å².